The van der Waals surface area contributed by atoms with Crippen LogP contribution in [-0.4, -0.2) is 17.9 Å². The van der Waals surface area contributed by atoms with Crippen LogP contribution in [0.4, 0.5) is 11.4 Å². The molecule has 1 amide bonds. The molecule has 0 saturated carbocycles. The average Bonchev–Trinajstić information content (AvgIpc) is 3.16. The lowest BCUT2D eigenvalue weighted by molar-refractivity contribution is -0.384. The second kappa shape index (κ2) is 8.45. The Kier molecular flexibility index (Phi) is 5.81. The van der Waals surface area contributed by atoms with Gasteiger partial charge >= 0.3 is 0 Å². The van der Waals surface area contributed by atoms with Gasteiger partial charge in [0.1, 0.15) is 23.9 Å². The van der Waals surface area contributed by atoms with Gasteiger partial charge in [-0.25, -0.2) is 0 Å². The van der Waals surface area contributed by atoms with Crippen molar-refractivity contribution in [2.24, 2.45) is 0 Å². The summed E-state index contributed by atoms with van der Waals surface area (Å²) in [6.07, 6.45) is 0. The van der Waals surface area contributed by atoms with Gasteiger partial charge in [0.2, 0.25) is 0 Å². The van der Waals surface area contributed by atoms with Crippen molar-refractivity contribution in [3.05, 3.63) is 81.3 Å². The summed E-state index contributed by atoms with van der Waals surface area (Å²) < 4.78 is 16.1. The number of rotatable bonds is 7. The molecular weight excluding hydrogens is 388 g/mol. The molecule has 0 atom stereocenters. The number of ether oxygens (including phenoxy) is 2. The Morgan fingerprint density at radius 2 is 2.04 bits per heavy atom. The minimum atomic E-state index is -0.549. The van der Waals surface area contributed by atoms with Crippen LogP contribution in [0, 0.1) is 10.1 Å². The number of furan rings is 1. The van der Waals surface area contributed by atoms with Crippen molar-refractivity contribution < 1.29 is 23.6 Å². The predicted molar refractivity (Wildman–Crippen MR) is 102 cm³/mol. The Morgan fingerprint density at radius 1 is 1.21 bits per heavy atom. The van der Waals surface area contributed by atoms with Crippen LogP contribution < -0.4 is 14.8 Å². The van der Waals surface area contributed by atoms with Crippen molar-refractivity contribution >= 4 is 28.9 Å². The molecule has 0 bridgehead atoms. The molecule has 9 heteroatoms. The Morgan fingerprint density at radius 3 is 2.75 bits per heavy atom. The van der Waals surface area contributed by atoms with E-state index >= 15 is 0 Å². The highest BCUT2D eigenvalue weighted by Gasteiger charge is 2.16. The largest absolute Gasteiger partial charge is 0.494 e. The van der Waals surface area contributed by atoms with E-state index in [2.05, 4.69) is 5.32 Å². The SMILES string of the molecule is COc1cc([N+](=O)[O-])ccc1NC(=O)c1ccc(COc2cccc(Cl)c2)o1. The summed E-state index contributed by atoms with van der Waals surface area (Å²) in [6.45, 7) is 0.120. The number of nitro benzene ring substituents is 1. The number of carbonyl (C=O) groups is 1. The van der Waals surface area contributed by atoms with Crippen LogP contribution in [0.1, 0.15) is 16.3 Å². The van der Waals surface area contributed by atoms with E-state index in [1.807, 2.05) is 0 Å². The molecule has 3 rings (SSSR count). The van der Waals surface area contributed by atoms with Crippen LogP contribution in [0.2, 0.25) is 5.02 Å². The molecular formula is C19H15ClN2O6. The number of hydrogen-bond acceptors (Lipinski definition) is 6. The Labute approximate surface area is 164 Å². The second-order valence-electron chi connectivity index (χ2n) is 5.61. The van der Waals surface area contributed by atoms with Gasteiger partial charge < -0.3 is 19.2 Å². The van der Waals surface area contributed by atoms with E-state index in [-0.39, 0.29) is 29.5 Å². The lowest BCUT2D eigenvalue weighted by Gasteiger charge is -2.09. The number of hydrogen-bond donors (Lipinski definition) is 1. The van der Waals surface area contributed by atoms with Gasteiger partial charge in [-0.15, -0.1) is 0 Å². The average molecular weight is 403 g/mol. The molecule has 8 nitrogen and oxygen atoms in total. The third-order valence-electron chi connectivity index (χ3n) is 3.71. The normalized spacial score (nSPS) is 10.4. The molecule has 28 heavy (non-hydrogen) atoms. The standard InChI is InChI=1S/C19H15ClN2O6/c1-26-18-10-13(22(24)25)5-7-16(18)21-19(23)17-8-6-15(28-17)11-27-14-4-2-3-12(20)9-14/h2-10H,11H2,1H3,(H,21,23). The molecule has 0 saturated heterocycles. The van der Waals surface area contributed by atoms with Gasteiger partial charge in [-0.3, -0.25) is 14.9 Å². The third-order valence-corrected chi connectivity index (χ3v) is 3.94. The highest BCUT2D eigenvalue weighted by atomic mass is 35.5. The van der Waals surface area contributed by atoms with E-state index in [0.717, 1.165) is 0 Å². The lowest BCUT2D eigenvalue weighted by atomic mass is 10.2. The molecule has 0 spiro atoms. The summed E-state index contributed by atoms with van der Waals surface area (Å²) >= 11 is 5.90. The first-order valence-electron chi connectivity index (χ1n) is 8.07. The summed E-state index contributed by atoms with van der Waals surface area (Å²) in [5.74, 6) is 0.719. The fourth-order valence-electron chi connectivity index (χ4n) is 2.37. The van der Waals surface area contributed by atoms with Crippen LogP contribution in [0.3, 0.4) is 0 Å². The second-order valence-corrected chi connectivity index (χ2v) is 6.04. The number of nitrogens with one attached hydrogen (secondary N) is 1. The fraction of sp³-hybridized carbons (Fsp3) is 0.105. The Bertz CT molecular complexity index is 1020. The molecule has 1 aromatic heterocycles. The molecule has 0 aliphatic heterocycles. The van der Waals surface area contributed by atoms with E-state index in [9.17, 15) is 14.9 Å². The minimum absolute atomic E-state index is 0.0603. The monoisotopic (exact) mass is 402 g/mol. The first kappa shape index (κ1) is 19.2. The fourth-order valence-corrected chi connectivity index (χ4v) is 2.55. The van der Waals surface area contributed by atoms with Crippen molar-refractivity contribution in [1.29, 1.82) is 0 Å². The first-order valence-corrected chi connectivity index (χ1v) is 8.45. The van der Waals surface area contributed by atoms with Gasteiger partial charge in [-0.1, -0.05) is 17.7 Å². The Hall–Kier alpha value is -3.52. The zero-order valence-electron chi connectivity index (χ0n) is 14.7. The zero-order chi connectivity index (χ0) is 20.1. The number of nitro groups is 1. The number of carbonyl (C=O) groups excluding carboxylic acids is 1. The van der Waals surface area contributed by atoms with Crippen molar-refractivity contribution in [2.75, 3.05) is 12.4 Å². The summed E-state index contributed by atoms with van der Waals surface area (Å²) in [5.41, 5.74) is 0.138. The molecule has 0 aliphatic rings. The van der Waals surface area contributed by atoms with Crippen LogP contribution in [-0.2, 0) is 6.61 Å². The molecule has 0 unspecified atom stereocenters. The maximum absolute atomic E-state index is 12.4. The number of non-ortho nitro benzene ring substituents is 1. The number of methoxy groups -OCH3 is 1. The number of amides is 1. The molecule has 0 aliphatic carbocycles. The van der Waals surface area contributed by atoms with Gasteiger partial charge in [0.05, 0.1) is 23.8 Å². The molecule has 0 fully saturated rings. The van der Waals surface area contributed by atoms with Crippen LogP contribution >= 0.6 is 11.6 Å². The van der Waals surface area contributed by atoms with Gasteiger partial charge in [-0.05, 0) is 36.4 Å². The smallest absolute Gasteiger partial charge is 0.291 e. The number of benzene rings is 2. The molecule has 3 aromatic rings. The van der Waals surface area contributed by atoms with Crippen LogP contribution in [0.5, 0.6) is 11.5 Å². The minimum Gasteiger partial charge on any atom is -0.494 e. The van der Waals surface area contributed by atoms with Crippen molar-refractivity contribution in [3.63, 3.8) is 0 Å². The molecule has 2 aromatic carbocycles. The molecule has 0 radical (unpaired) electrons. The number of anilines is 1. The first-order chi connectivity index (χ1) is 13.5. The van der Waals surface area contributed by atoms with Crippen molar-refractivity contribution in [2.45, 2.75) is 6.61 Å². The highest BCUT2D eigenvalue weighted by molar-refractivity contribution is 6.30. The van der Waals surface area contributed by atoms with Gasteiger partial charge in [0, 0.05) is 11.1 Å². The predicted octanol–water partition coefficient (Wildman–Crippen LogP) is 4.68. The highest BCUT2D eigenvalue weighted by Crippen LogP contribution is 2.29. The number of halogens is 1. The molecule has 1 heterocycles. The third kappa shape index (κ3) is 4.60. The van der Waals surface area contributed by atoms with Gasteiger partial charge in [0.15, 0.2) is 5.76 Å². The van der Waals surface area contributed by atoms with Crippen molar-refractivity contribution in [1.82, 2.24) is 0 Å². The van der Waals surface area contributed by atoms with E-state index in [0.29, 0.717) is 16.5 Å². The van der Waals surface area contributed by atoms with Crippen molar-refractivity contribution in [3.8, 4) is 11.5 Å². The van der Waals surface area contributed by atoms with Gasteiger partial charge in [0.25, 0.3) is 11.6 Å². The van der Waals surface area contributed by atoms with Crippen LogP contribution in [0.25, 0.3) is 0 Å². The van der Waals surface area contributed by atoms with E-state index in [4.69, 9.17) is 25.5 Å². The lowest BCUT2D eigenvalue weighted by Crippen LogP contribution is -2.12. The summed E-state index contributed by atoms with van der Waals surface area (Å²) in [7, 11) is 1.35. The number of nitrogens with zero attached hydrogens (tertiary/aromatic N) is 1. The maximum atomic E-state index is 12.4. The zero-order valence-corrected chi connectivity index (χ0v) is 15.4. The van der Waals surface area contributed by atoms with Gasteiger partial charge in [-0.2, -0.15) is 0 Å². The summed E-state index contributed by atoms with van der Waals surface area (Å²) in [6, 6.07) is 13.9. The molecule has 144 valence electrons. The quantitative estimate of drug-likeness (QED) is 0.454. The van der Waals surface area contributed by atoms with E-state index in [1.165, 1.54) is 31.4 Å². The van der Waals surface area contributed by atoms with Crippen LogP contribution in [0.15, 0.2) is 59.0 Å². The topological polar surface area (TPSA) is 104 Å². The Balaban J connectivity index is 1.66. The maximum Gasteiger partial charge on any atom is 0.291 e. The summed E-state index contributed by atoms with van der Waals surface area (Å²) in [5, 5.41) is 14.0. The van der Waals surface area contributed by atoms with E-state index in [1.54, 1.807) is 30.3 Å². The summed E-state index contributed by atoms with van der Waals surface area (Å²) in [4.78, 5) is 22.7. The van der Waals surface area contributed by atoms with E-state index < -0.39 is 10.8 Å². The molecule has 1 N–H and O–H groups in total.